The van der Waals surface area contributed by atoms with Crippen LogP contribution in [0, 0.1) is 0 Å². The molecular formula is C20H26N4O3. The zero-order chi connectivity index (χ0) is 19.5. The largest absolute Gasteiger partial charge is 0.497 e. The van der Waals surface area contributed by atoms with E-state index in [1.54, 1.807) is 45.5 Å². The molecule has 0 aliphatic carbocycles. The van der Waals surface area contributed by atoms with Crippen molar-refractivity contribution in [3.63, 3.8) is 0 Å². The fourth-order valence-corrected chi connectivity index (χ4v) is 2.37. The maximum absolute atomic E-state index is 12.1. The van der Waals surface area contributed by atoms with Crippen LogP contribution in [0.25, 0.3) is 0 Å². The van der Waals surface area contributed by atoms with E-state index in [1.165, 1.54) is 0 Å². The van der Waals surface area contributed by atoms with Crippen LogP contribution in [0.2, 0.25) is 0 Å². The first-order valence-corrected chi connectivity index (χ1v) is 8.66. The van der Waals surface area contributed by atoms with Gasteiger partial charge in [0.1, 0.15) is 11.5 Å². The van der Waals surface area contributed by atoms with Gasteiger partial charge in [0.15, 0.2) is 5.96 Å². The van der Waals surface area contributed by atoms with Crippen LogP contribution in [-0.4, -0.2) is 46.2 Å². The summed E-state index contributed by atoms with van der Waals surface area (Å²) < 4.78 is 10.3. The van der Waals surface area contributed by atoms with Gasteiger partial charge >= 0.3 is 0 Å². The number of nitrogens with one attached hydrogen (secondary N) is 3. The van der Waals surface area contributed by atoms with Crippen molar-refractivity contribution in [2.75, 3.05) is 34.4 Å². The van der Waals surface area contributed by atoms with Crippen LogP contribution in [0.1, 0.15) is 15.9 Å². The average Bonchev–Trinajstić information content (AvgIpc) is 2.73. The van der Waals surface area contributed by atoms with E-state index >= 15 is 0 Å². The van der Waals surface area contributed by atoms with Gasteiger partial charge in [-0.1, -0.05) is 18.2 Å². The van der Waals surface area contributed by atoms with Crippen molar-refractivity contribution in [2.45, 2.75) is 6.54 Å². The van der Waals surface area contributed by atoms with E-state index in [0.29, 0.717) is 36.9 Å². The van der Waals surface area contributed by atoms with Gasteiger partial charge in [0.05, 0.1) is 14.2 Å². The van der Waals surface area contributed by atoms with Crippen molar-refractivity contribution >= 4 is 11.9 Å². The van der Waals surface area contributed by atoms with Crippen LogP contribution in [-0.2, 0) is 6.54 Å². The SMILES string of the molecule is CN=C(NCCNC(=O)c1cccc(OC)c1)NCc1ccc(OC)cc1. The minimum atomic E-state index is -0.142. The number of hydrogen-bond acceptors (Lipinski definition) is 4. The highest BCUT2D eigenvalue weighted by Gasteiger charge is 2.06. The quantitative estimate of drug-likeness (QED) is 0.375. The molecule has 0 fully saturated rings. The lowest BCUT2D eigenvalue weighted by Gasteiger charge is -2.13. The fraction of sp³-hybridized carbons (Fsp3) is 0.300. The van der Waals surface area contributed by atoms with Crippen molar-refractivity contribution in [1.82, 2.24) is 16.0 Å². The smallest absolute Gasteiger partial charge is 0.251 e. The summed E-state index contributed by atoms with van der Waals surface area (Å²) in [4.78, 5) is 16.3. The van der Waals surface area contributed by atoms with Crippen molar-refractivity contribution in [2.24, 2.45) is 4.99 Å². The monoisotopic (exact) mass is 370 g/mol. The van der Waals surface area contributed by atoms with Crippen LogP contribution < -0.4 is 25.4 Å². The number of guanidine groups is 1. The topological polar surface area (TPSA) is 84.0 Å². The minimum absolute atomic E-state index is 0.142. The second-order valence-corrected chi connectivity index (χ2v) is 5.69. The molecule has 0 radical (unpaired) electrons. The van der Waals surface area contributed by atoms with Crippen molar-refractivity contribution in [3.05, 3.63) is 59.7 Å². The summed E-state index contributed by atoms with van der Waals surface area (Å²) in [6.07, 6.45) is 0. The summed E-state index contributed by atoms with van der Waals surface area (Å²) in [6.45, 7) is 1.66. The third-order valence-corrected chi connectivity index (χ3v) is 3.88. The Morgan fingerprint density at radius 1 is 0.926 bits per heavy atom. The van der Waals surface area contributed by atoms with E-state index in [2.05, 4.69) is 20.9 Å². The summed E-state index contributed by atoms with van der Waals surface area (Å²) in [5, 5.41) is 9.26. The first-order valence-electron chi connectivity index (χ1n) is 8.66. The number of aliphatic imine (C=N–C) groups is 1. The molecule has 0 heterocycles. The second kappa shape index (κ2) is 10.7. The first-order chi connectivity index (χ1) is 13.2. The molecular weight excluding hydrogens is 344 g/mol. The lowest BCUT2D eigenvalue weighted by molar-refractivity contribution is 0.0954. The molecule has 0 spiro atoms. The van der Waals surface area contributed by atoms with Crippen LogP contribution in [0.4, 0.5) is 0 Å². The summed E-state index contributed by atoms with van der Waals surface area (Å²) in [6, 6.07) is 14.9. The van der Waals surface area contributed by atoms with Crippen LogP contribution in [0.5, 0.6) is 11.5 Å². The van der Waals surface area contributed by atoms with Gasteiger partial charge in [0, 0.05) is 32.2 Å². The zero-order valence-corrected chi connectivity index (χ0v) is 15.9. The van der Waals surface area contributed by atoms with Crippen LogP contribution in [0.15, 0.2) is 53.5 Å². The molecule has 0 atom stereocenters. The summed E-state index contributed by atoms with van der Waals surface area (Å²) in [5.74, 6) is 2.01. The van der Waals surface area contributed by atoms with Gasteiger partial charge in [-0.25, -0.2) is 0 Å². The van der Waals surface area contributed by atoms with E-state index in [4.69, 9.17) is 9.47 Å². The number of carbonyl (C=O) groups is 1. The molecule has 7 nitrogen and oxygen atoms in total. The highest BCUT2D eigenvalue weighted by molar-refractivity contribution is 5.94. The van der Waals surface area contributed by atoms with Crippen LogP contribution in [0.3, 0.4) is 0 Å². The predicted molar refractivity (Wildman–Crippen MR) is 107 cm³/mol. The van der Waals surface area contributed by atoms with Crippen molar-refractivity contribution in [1.29, 1.82) is 0 Å². The molecule has 27 heavy (non-hydrogen) atoms. The normalized spacial score (nSPS) is 10.9. The number of nitrogens with zero attached hydrogens (tertiary/aromatic N) is 1. The Labute approximate surface area is 159 Å². The fourth-order valence-electron chi connectivity index (χ4n) is 2.37. The van der Waals surface area contributed by atoms with Crippen molar-refractivity contribution < 1.29 is 14.3 Å². The molecule has 2 rings (SSSR count). The van der Waals surface area contributed by atoms with E-state index in [1.807, 2.05) is 24.3 Å². The Hall–Kier alpha value is -3.22. The van der Waals surface area contributed by atoms with Gasteiger partial charge in [0.25, 0.3) is 5.91 Å². The number of hydrogen-bond donors (Lipinski definition) is 3. The molecule has 144 valence electrons. The molecule has 7 heteroatoms. The number of ether oxygens (including phenoxy) is 2. The standard InChI is InChI=1S/C20H26N4O3/c1-21-20(24-14-15-7-9-17(26-2)10-8-15)23-12-11-22-19(25)16-5-4-6-18(13-16)27-3/h4-10,13H,11-12,14H2,1-3H3,(H,22,25)(H2,21,23,24). The molecule has 1 amide bonds. The molecule has 2 aromatic carbocycles. The molecule has 0 unspecified atom stereocenters. The number of carbonyl (C=O) groups excluding carboxylic acids is 1. The third kappa shape index (κ3) is 6.54. The maximum Gasteiger partial charge on any atom is 0.251 e. The third-order valence-electron chi connectivity index (χ3n) is 3.88. The van der Waals surface area contributed by atoms with Gasteiger partial charge in [-0.05, 0) is 35.9 Å². The maximum atomic E-state index is 12.1. The van der Waals surface area contributed by atoms with Gasteiger partial charge in [-0.2, -0.15) is 0 Å². The summed E-state index contributed by atoms with van der Waals surface area (Å²) in [5.41, 5.74) is 1.68. The van der Waals surface area contributed by atoms with E-state index in [0.717, 1.165) is 11.3 Å². The molecule has 2 aromatic rings. The molecule has 0 aliphatic heterocycles. The lowest BCUT2D eigenvalue weighted by atomic mass is 10.2. The number of benzene rings is 2. The van der Waals surface area contributed by atoms with Crippen LogP contribution >= 0.6 is 0 Å². The van der Waals surface area contributed by atoms with E-state index < -0.39 is 0 Å². The van der Waals surface area contributed by atoms with E-state index in [9.17, 15) is 4.79 Å². The first kappa shape index (κ1) is 20.1. The number of amides is 1. The molecule has 0 aliphatic rings. The van der Waals surface area contributed by atoms with Gasteiger partial charge in [-0.15, -0.1) is 0 Å². The van der Waals surface area contributed by atoms with Crippen molar-refractivity contribution in [3.8, 4) is 11.5 Å². The van der Waals surface area contributed by atoms with Gasteiger partial charge < -0.3 is 25.4 Å². The Balaban J connectivity index is 1.71. The minimum Gasteiger partial charge on any atom is -0.497 e. The Bertz CT molecular complexity index is 760. The Morgan fingerprint density at radius 3 is 2.30 bits per heavy atom. The molecule has 0 bridgehead atoms. The highest BCUT2D eigenvalue weighted by atomic mass is 16.5. The molecule has 3 N–H and O–H groups in total. The number of methoxy groups -OCH3 is 2. The Kier molecular flexibility index (Phi) is 7.96. The van der Waals surface area contributed by atoms with Gasteiger partial charge in [0.2, 0.25) is 0 Å². The van der Waals surface area contributed by atoms with E-state index in [-0.39, 0.29) is 5.91 Å². The molecule has 0 aromatic heterocycles. The lowest BCUT2D eigenvalue weighted by Crippen LogP contribution is -2.41. The summed E-state index contributed by atoms with van der Waals surface area (Å²) >= 11 is 0. The number of rotatable bonds is 8. The predicted octanol–water partition coefficient (Wildman–Crippen LogP) is 1.80. The summed E-state index contributed by atoms with van der Waals surface area (Å²) in [7, 11) is 4.93. The van der Waals surface area contributed by atoms with Gasteiger partial charge in [-0.3, -0.25) is 9.79 Å². The molecule has 0 saturated heterocycles. The second-order valence-electron chi connectivity index (χ2n) is 5.69. The highest BCUT2D eigenvalue weighted by Crippen LogP contribution is 2.12. The zero-order valence-electron chi connectivity index (χ0n) is 15.9. The Morgan fingerprint density at radius 2 is 1.63 bits per heavy atom. The average molecular weight is 370 g/mol. The molecule has 0 saturated carbocycles.